The lowest BCUT2D eigenvalue weighted by molar-refractivity contribution is -0.143. The first-order valence-corrected chi connectivity index (χ1v) is 5.58. The van der Waals surface area contributed by atoms with Crippen LogP contribution in [0.5, 0.6) is 0 Å². The number of hydrogen-bond donors (Lipinski definition) is 1. The van der Waals surface area contributed by atoms with Crippen LogP contribution in [0.4, 0.5) is 0 Å². The standard InChI is InChI=1S/C12H16N2O2/c1-9(12(15)16)14-7-3-5-11(14)10-4-2-6-13-8-10/h2,4,6,8-9,11H,3,5,7H2,1H3,(H,15,16)/t9-,11-/m0/s1. The van der Waals surface area contributed by atoms with Gasteiger partial charge in [0, 0.05) is 18.4 Å². The molecule has 0 spiro atoms. The van der Waals surface area contributed by atoms with Gasteiger partial charge in [-0.05, 0) is 37.9 Å². The molecule has 1 saturated heterocycles. The van der Waals surface area contributed by atoms with E-state index >= 15 is 0 Å². The molecule has 86 valence electrons. The summed E-state index contributed by atoms with van der Waals surface area (Å²) >= 11 is 0. The molecule has 1 aromatic heterocycles. The second-order valence-electron chi connectivity index (χ2n) is 4.20. The highest BCUT2D eigenvalue weighted by Gasteiger charge is 2.32. The topological polar surface area (TPSA) is 53.4 Å². The minimum absolute atomic E-state index is 0.208. The number of carboxylic acid groups (broad SMARTS) is 1. The smallest absolute Gasteiger partial charge is 0.320 e. The minimum Gasteiger partial charge on any atom is -0.480 e. The lowest BCUT2D eigenvalue weighted by Gasteiger charge is -2.27. The summed E-state index contributed by atoms with van der Waals surface area (Å²) in [5, 5.41) is 9.05. The van der Waals surface area contributed by atoms with Gasteiger partial charge in [-0.25, -0.2) is 0 Å². The highest BCUT2D eigenvalue weighted by Crippen LogP contribution is 2.32. The number of hydrogen-bond acceptors (Lipinski definition) is 3. The van der Waals surface area contributed by atoms with Crippen molar-refractivity contribution in [3.05, 3.63) is 30.1 Å². The monoisotopic (exact) mass is 220 g/mol. The first kappa shape index (κ1) is 11.1. The van der Waals surface area contributed by atoms with E-state index in [9.17, 15) is 4.79 Å². The second kappa shape index (κ2) is 4.61. The maximum Gasteiger partial charge on any atom is 0.320 e. The molecule has 0 amide bonds. The van der Waals surface area contributed by atoms with E-state index in [2.05, 4.69) is 4.98 Å². The molecule has 2 atom stereocenters. The number of nitrogens with zero attached hydrogens (tertiary/aromatic N) is 2. The molecule has 0 aliphatic carbocycles. The van der Waals surface area contributed by atoms with Crippen molar-refractivity contribution < 1.29 is 9.90 Å². The molecule has 0 aromatic carbocycles. The third-order valence-corrected chi connectivity index (χ3v) is 3.22. The molecule has 1 N–H and O–H groups in total. The van der Waals surface area contributed by atoms with Gasteiger partial charge < -0.3 is 5.11 Å². The number of rotatable bonds is 3. The van der Waals surface area contributed by atoms with Crippen molar-refractivity contribution in [3.63, 3.8) is 0 Å². The van der Waals surface area contributed by atoms with Crippen LogP contribution in [0.3, 0.4) is 0 Å². The molecule has 1 aliphatic heterocycles. The fourth-order valence-electron chi connectivity index (χ4n) is 2.33. The molecule has 16 heavy (non-hydrogen) atoms. The van der Waals surface area contributed by atoms with Gasteiger partial charge in [-0.1, -0.05) is 6.07 Å². The first-order chi connectivity index (χ1) is 7.70. The van der Waals surface area contributed by atoms with Crippen molar-refractivity contribution in [2.45, 2.75) is 31.8 Å². The average molecular weight is 220 g/mol. The van der Waals surface area contributed by atoms with Gasteiger partial charge in [0.2, 0.25) is 0 Å². The molecule has 0 bridgehead atoms. The fourth-order valence-corrected chi connectivity index (χ4v) is 2.33. The lowest BCUT2D eigenvalue weighted by Crippen LogP contribution is -2.38. The van der Waals surface area contributed by atoms with Crippen LogP contribution in [0.15, 0.2) is 24.5 Å². The van der Waals surface area contributed by atoms with Gasteiger partial charge in [-0.3, -0.25) is 14.7 Å². The first-order valence-electron chi connectivity index (χ1n) is 5.58. The second-order valence-corrected chi connectivity index (χ2v) is 4.20. The summed E-state index contributed by atoms with van der Waals surface area (Å²) in [4.78, 5) is 17.1. The largest absolute Gasteiger partial charge is 0.480 e. The van der Waals surface area contributed by atoms with Crippen molar-refractivity contribution in [2.75, 3.05) is 6.54 Å². The van der Waals surface area contributed by atoms with E-state index in [1.807, 2.05) is 23.2 Å². The predicted octanol–water partition coefficient (Wildman–Crippen LogP) is 1.69. The van der Waals surface area contributed by atoms with Gasteiger partial charge >= 0.3 is 5.97 Å². The summed E-state index contributed by atoms with van der Waals surface area (Å²) in [6.45, 7) is 2.60. The van der Waals surface area contributed by atoms with E-state index in [1.165, 1.54) is 0 Å². The molecule has 0 unspecified atom stereocenters. The molecule has 1 aromatic rings. The molecule has 4 heteroatoms. The van der Waals surface area contributed by atoms with Crippen LogP contribution in [-0.4, -0.2) is 33.5 Å². The molecule has 1 aliphatic rings. The lowest BCUT2D eigenvalue weighted by atomic mass is 10.1. The molecule has 2 rings (SSSR count). The SMILES string of the molecule is C[C@@H](C(=O)O)N1CCC[C@H]1c1cccnc1. The van der Waals surface area contributed by atoms with Gasteiger partial charge in [0.25, 0.3) is 0 Å². The van der Waals surface area contributed by atoms with Gasteiger partial charge in [0.15, 0.2) is 0 Å². The van der Waals surface area contributed by atoms with Gasteiger partial charge in [0.05, 0.1) is 0 Å². The Morgan fingerprint density at radius 1 is 1.69 bits per heavy atom. The summed E-state index contributed by atoms with van der Waals surface area (Å²) in [7, 11) is 0. The minimum atomic E-state index is -0.754. The predicted molar refractivity (Wildman–Crippen MR) is 60.0 cm³/mol. The van der Waals surface area contributed by atoms with Crippen LogP contribution in [0, 0.1) is 0 Å². The molecule has 0 radical (unpaired) electrons. The third kappa shape index (κ3) is 2.07. The Hall–Kier alpha value is -1.42. The van der Waals surface area contributed by atoms with Crippen molar-refractivity contribution in [2.24, 2.45) is 0 Å². The maximum atomic E-state index is 11.0. The van der Waals surface area contributed by atoms with E-state index in [-0.39, 0.29) is 6.04 Å². The van der Waals surface area contributed by atoms with Gasteiger partial charge in [-0.15, -0.1) is 0 Å². The van der Waals surface area contributed by atoms with Crippen LogP contribution in [0.1, 0.15) is 31.4 Å². The van der Waals surface area contributed by atoms with Gasteiger partial charge in [-0.2, -0.15) is 0 Å². The molecule has 1 fully saturated rings. The number of aliphatic carboxylic acids is 1. The quantitative estimate of drug-likeness (QED) is 0.842. The number of aromatic nitrogens is 1. The number of carbonyl (C=O) groups is 1. The Morgan fingerprint density at radius 2 is 2.50 bits per heavy atom. The number of pyridine rings is 1. The summed E-state index contributed by atoms with van der Waals surface area (Å²) in [6.07, 6.45) is 5.64. The van der Waals surface area contributed by atoms with E-state index in [4.69, 9.17) is 5.11 Å². The Balaban J connectivity index is 2.18. The highest BCUT2D eigenvalue weighted by molar-refractivity contribution is 5.73. The Bertz CT molecular complexity index is 367. The van der Waals surface area contributed by atoms with Crippen LogP contribution < -0.4 is 0 Å². The molecule has 2 heterocycles. The van der Waals surface area contributed by atoms with Crippen molar-refractivity contribution in [3.8, 4) is 0 Å². The molecular weight excluding hydrogens is 204 g/mol. The zero-order valence-electron chi connectivity index (χ0n) is 9.34. The van der Waals surface area contributed by atoms with Crippen molar-refractivity contribution in [1.29, 1.82) is 0 Å². The van der Waals surface area contributed by atoms with Gasteiger partial charge in [0.1, 0.15) is 6.04 Å². The Morgan fingerprint density at radius 3 is 3.12 bits per heavy atom. The van der Waals surface area contributed by atoms with Crippen molar-refractivity contribution >= 4 is 5.97 Å². The normalized spacial score (nSPS) is 23.2. The van der Waals surface area contributed by atoms with Crippen molar-refractivity contribution in [1.82, 2.24) is 9.88 Å². The zero-order valence-corrected chi connectivity index (χ0v) is 9.34. The average Bonchev–Trinajstić information content (AvgIpc) is 2.77. The van der Waals surface area contributed by atoms with Crippen LogP contribution in [0.2, 0.25) is 0 Å². The Labute approximate surface area is 94.9 Å². The summed E-state index contributed by atoms with van der Waals surface area (Å²) < 4.78 is 0. The maximum absolute atomic E-state index is 11.0. The fraction of sp³-hybridized carbons (Fsp3) is 0.500. The van der Waals surface area contributed by atoms with E-state index in [0.717, 1.165) is 24.9 Å². The molecule has 4 nitrogen and oxygen atoms in total. The Kier molecular flexibility index (Phi) is 3.19. The molecular formula is C12H16N2O2. The van der Waals surface area contributed by atoms with E-state index < -0.39 is 12.0 Å². The molecule has 0 saturated carbocycles. The summed E-state index contributed by atoms with van der Waals surface area (Å²) in [6, 6.07) is 3.70. The summed E-state index contributed by atoms with van der Waals surface area (Å²) in [5.41, 5.74) is 1.12. The summed E-state index contributed by atoms with van der Waals surface area (Å²) in [5.74, 6) is -0.754. The van der Waals surface area contributed by atoms with E-state index in [1.54, 1.807) is 13.1 Å². The zero-order chi connectivity index (χ0) is 11.5. The number of likely N-dealkylation sites (tertiary alicyclic amines) is 1. The number of carboxylic acids is 1. The van der Waals surface area contributed by atoms with E-state index in [0.29, 0.717) is 0 Å². The highest BCUT2D eigenvalue weighted by atomic mass is 16.4. The third-order valence-electron chi connectivity index (χ3n) is 3.22. The van der Waals surface area contributed by atoms with Crippen LogP contribution in [-0.2, 0) is 4.79 Å². The van der Waals surface area contributed by atoms with Crippen LogP contribution >= 0.6 is 0 Å². The van der Waals surface area contributed by atoms with Crippen LogP contribution in [0.25, 0.3) is 0 Å².